The van der Waals surface area contributed by atoms with Gasteiger partial charge in [0.05, 0.1) is 16.5 Å². The SMILES string of the molecule is O=C(Nc1ccc(Cl)cc1Cl)c1ccc([C@H]2SCC(=O)N2Cc2ccc(Cl)cc2)cc1. The number of thioether (sulfide) groups is 1. The van der Waals surface area contributed by atoms with E-state index in [1.54, 1.807) is 42.1 Å². The molecule has 0 unspecified atom stereocenters. The number of rotatable bonds is 5. The number of carbonyl (C=O) groups excluding carboxylic acids is 2. The van der Waals surface area contributed by atoms with E-state index in [9.17, 15) is 9.59 Å². The van der Waals surface area contributed by atoms with Crippen LogP contribution >= 0.6 is 46.6 Å². The maximum Gasteiger partial charge on any atom is 0.255 e. The second-order valence-corrected chi connectivity index (χ2v) is 9.36. The summed E-state index contributed by atoms with van der Waals surface area (Å²) < 4.78 is 0. The number of carbonyl (C=O) groups is 2. The van der Waals surface area contributed by atoms with Gasteiger partial charge in [0, 0.05) is 22.2 Å². The van der Waals surface area contributed by atoms with Crippen LogP contribution in [0.25, 0.3) is 0 Å². The van der Waals surface area contributed by atoms with Gasteiger partial charge in [-0.15, -0.1) is 11.8 Å². The predicted octanol–water partition coefficient (Wildman–Crippen LogP) is 6.67. The van der Waals surface area contributed by atoms with Gasteiger partial charge < -0.3 is 10.2 Å². The molecule has 158 valence electrons. The van der Waals surface area contributed by atoms with Gasteiger partial charge in [0.1, 0.15) is 5.37 Å². The molecule has 0 bridgehead atoms. The number of nitrogens with zero attached hydrogens (tertiary/aromatic N) is 1. The Morgan fingerprint density at radius 2 is 1.65 bits per heavy atom. The number of benzene rings is 3. The largest absolute Gasteiger partial charge is 0.322 e. The summed E-state index contributed by atoms with van der Waals surface area (Å²) >= 11 is 19.6. The maximum absolute atomic E-state index is 12.6. The molecule has 8 heteroatoms. The predicted molar refractivity (Wildman–Crippen MR) is 128 cm³/mol. The number of halogens is 3. The summed E-state index contributed by atoms with van der Waals surface area (Å²) in [5, 5.41) is 4.21. The van der Waals surface area contributed by atoms with Gasteiger partial charge in [0.2, 0.25) is 5.91 Å². The van der Waals surface area contributed by atoms with E-state index in [0.717, 1.165) is 11.1 Å². The Morgan fingerprint density at radius 3 is 2.32 bits per heavy atom. The van der Waals surface area contributed by atoms with Gasteiger partial charge in [0.15, 0.2) is 0 Å². The Kier molecular flexibility index (Phi) is 6.77. The van der Waals surface area contributed by atoms with E-state index in [1.807, 2.05) is 41.3 Å². The van der Waals surface area contributed by atoms with Crippen LogP contribution in [-0.4, -0.2) is 22.5 Å². The fraction of sp³-hybridized carbons (Fsp3) is 0.130. The molecule has 1 saturated heterocycles. The van der Waals surface area contributed by atoms with Crippen molar-refractivity contribution in [2.24, 2.45) is 0 Å². The first kappa shape index (κ1) is 22.0. The molecule has 3 aromatic rings. The zero-order chi connectivity index (χ0) is 22.0. The summed E-state index contributed by atoms with van der Waals surface area (Å²) in [6, 6.07) is 19.6. The lowest BCUT2D eigenvalue weighted by atomic mass is 10.1. The van der Waals surface area contributed by atoms with Crippen molar-refractivity contribution < 1.29 is 9.59 Å². The smallest absolute Gasteiger partial charge is 0.255 e. The van der Waals surface area contributed by atoms with E-state index in [0.29, 0.717) is 38.6 Å². The van der Waals surface area contributed by atoms with Crippen molar-refractivity contribution in [2.75, 3.05) is 11.1 Å². The molecule has 0 spiro atoms. The van der Waals surface area contributed by atoms with Crippen molar-refractivity contribution in [3.63, 3.8) is 0 Å². The van der Waals surface area contributed by atoms with Crippen molar-refractivity contribution in [3.05, 3.63) is 98.5 Å². The third-order valence-electron chi connectivity index (χ3n) is 4.87. The first-order valence-electron chi connectivity index (χ1n) is 9.42. The molecule has 4 rings (SSSR count). The highest BCUT2D eigenvalue weighted by Gasteiger charge is 2.32. The van der Waals surface area contributed by atoms with Crippen molar-refractivity contribution in [3.8, 4) is 0 Å². The standard InChI is InChI=1S/C23H17Cl3N2O2S/c24-17-7-1-14(2-8-17)12-28-21(29)13-31-23(28)16-5-3-15(4-6-16)22(30)27-20-10-9-18(25)11-19(20)26/h1-11,23H,12-13H2,(H,27,30)/t23-/m1/s1. The van der Waals surface area contributed by atoms with E-state index in [2.05, 4.69) is 5.32 Å². The van der Waals surface area contributed by atoms with Crippen LogP contribution in [0, 0.1) is 0 Å². The van der Waals surface area contributed by atoms with E-state index < -0.39 is 0 Å². The Labute approximate surface area is 199 Å². The zero-order valence-electron chi connectivity index (χ0n) is 16.1. The normalized spacial score (nSPS) is 15.9. The zero-order valence-corrected chi connectivity index (χ0v) is 19.2. The number of hydrogen-bond donors (Lipinski definition) is 1. The van der Waals surface area contributed by atoms with Crippen LogP contribution in [0.2, 0.25) is 15.1 Å². The summed E-state index contributed by atoms with van der Waals surface area (Å²) in [5.74, 6) is 0.239. The van der Waals surface area contributed by atoms with Crippen molar-refractivity contribution in [2.45, 2.75) is 11.9 Å². The van der Waals surface area contributed by atoms with E-state index in [4.69, 9.17) is 34.8 Å². The lowest BCUT2D eigenvalue weighted by Crippen LogP contribution is -2.27. The molecule has 31 heavy (non-hydrogen) atoms. The van der Waals surface area contributed by atoms with Crippen molar-refractivity contribution in [1.82, 2.24) is 4.90 Å². The van der Waals surface area contributed by atoms with E-state index >= 15 is 0 Å². The minimum atomic E-state index is -0.274. The Bertz CT molecular complexity index is 1120. The highest BCUT2D eigenvalue weighted by molar-refractivity contribution is 8.00. The average Bonchev–Trinajstić information content (AvgIpc) is 3.12. The second kappa shape index (κ2) is 9.53. The van der Waals surface area contributed by atoms with Gasteiger partial charge in [-0.2, -0.15) is 0 Å². The molecule has 3 aromatic carbocycles. The number of anilines is 1. The van der Waals surface area contributed by atoms with Crippen LogP contribution in [0.4, 0.5) is 5.69 Å². The third kappa shape index (κ3) is 5.18. The van der Waals surface area contributed by atoms with Crippen molar-refractivity contribution in [1.29, 1.82) is 0 Å². The molecule has 4 nitrogen and oxygen atoms in total. The fourth-order valence-corrected chi connectivity index (χ4v) is 5.04. The summed E-state index contributed by atoms with van der Waals surface area (Å²) in [7, 11) is 0. The average molecular weight is 492 g/mol. The van der Waals surface area contributed by atoms with Gasteiger partial charge in [-0.05, 0) is 53.6 Å². The van der Waals surface area contributed by atoms with Crippen LogP contribution in [0.3, 0.4) is 0 Å². The Balaban J connectivity index is 1.48. The van der Waals surface area contributed by atoms with Crippen LogP contribution in [0.15, 0.2) is 66.7 Å². The first-order chi connectivity index (χ1) is 14.9. The number of nitrogens with one attached hydrogen (secondary N) is 1. The van der Waals surface area contributed by atoms with E-state index in [-0.39, 0.29) is 17.2 Å². The molecule has 1 heterocycles. The molecule has 1 fully saturated rings. The molecule has 1 aliphatic heterocycles. The quantitative estimate of drug-likeness (QED) is 0.433. The fourth-order valence-electron chi connectivity index (χ4n) is 3.27. The number of amides is 2. The van der Waals surface area contributed by atoms with Crippen LogP contribution < -0.4 is 5.32 Å². The minimum absolute atomic E-state index is 0.0872. The van der Waals surface area contributed by atoms with Gasteiger partial charge in [-0.25, -0.2) is 0 Å². The third-order valence-corrected chi connectivity index (χ3v) is 6.93. The lowest BCUT2D eigenvalue weighted by Gasteiger charge is -2.24. The molecular weight excluding hydrogens is 475 g/mol. The Hall–Kier alpha value is -2.18. The second-order valence-electron chi connectivity index (χ2n) is 7.01. The van der Waals surface area contributed by atoms with Crippen molar-refractivity contribution >= 4 is 64.1 Å². The molecule has 1 atom stereocenters. The highest BCUT2D eigenvalue weighted by Crippen LogP contribution is 2.39. The monoisotopic (exact) mass is 490 g/mol. The van der Waals surface area contributed by atoms with Gasteiger partial charge in [0.25, 0.3) is 5.91 Å². The maximum atomic E-state index is 12.6. The van der Waals surface area contributed by atoms with Crippen LogP contribution in [0.5, 0.6) is 0 Å². The molecule has 1 N–H and O–H groups in total. The van der Waals surface area contributed by atoms with Crippen LogP contribution in [-0.2, 0) is 11.3 Å². The summed E-state index contributed by atoms with van der Waals surface area (Å²) in [5.41, 5.74) is 2.96. The molecule has 2 amide bonds. The molecular formula is C23H17Cl3N2O2S. The topological polar surface area (TPSA) is 49.4 Å². The Morgan fingerprint density at radius 1 is 0.968 bits per heavy atom. The molecule has 1 aliphatic rings. The summed E-state index contributed by atoms with van der Waals surface area (Å²) in [4.78, 5) is 26.9. The van der Waals surface area contributed by atoms with Gasteiger partial charge >= 0.3 is 0 Å². The summed E-state index contributed by atoms with van der Waals surface area (Å²) in [6.07, 6.45) is 0. The molecule has 0 aromatic heterocycles. The molecule has 0 aliphatic carbocycles. The number of hydrogen-bond acceptors (Lipinski definition) is 3. The molecule has 0 radical (unpaired) electrons. The first-order valence-corrected chi connectivity index (χ1v) is 11.6. The lowest BCUT2D eigenvalue weighted by molar-refractivity contribution is -0.128. The van der Waals surface area contributed by atoms with Gasteiger partial charge in [-0.1, -0.05) is 59.1 Å². The highest BCUT2D eigenvalue weighted by atomic mass is 35.5. The van der Waals surface area contributed by atoms with Gasteiger partial charge in [-0.3, -0.25) is 9.59 Å². The minimum Gasteiger partial charge on any atom is -0.322 e. The van der Waals surface area contributed by atoms with E-state index in [1.165, 1.54) is 0 Å². The summed E-state index contributed by atoms with van der Waals surface area (Å²) in [6.45, 7) is 0.505. The molecule has 0 saturated carbocycles. The van der Waals surface area contributed by atoms with Crippen LogP contribution in [0.1, 0.15) is 26.9 Å².